The van der Waals surface area contributed by atoms with E-state index in [2.05, 4.69) is 15.6 Å². The lowest BCUT2D eigenvalue weighted by Gasteiger charge is -2.32. The van der Waals surface area contributed by atoms with Gasteiger partial charge in [0, 0.05) is 12.7 Å². The molecule has 0 radical (unpaired) electrons. The van der Waals surface area contributed by atoms with E-state index in [0.29, 0.717) is 17.3 Å². The van der Waals surface area contributed by atoms with Crippen LogP contribution in [0.3, 0.4) is 0 Å². The second-order valence-corrected chi connectivity index (χ2v) is 5.06. The number of rotatable bonds is 2. The average molecular weight is 254 g/mol. The molecule has 1 aliphatic heterocycles. The van der Waals surface area contributed by atoms with Gasteiger partial charge < -0.3 is 10.6 Å². The van der Waals surface area contributed by atoms with E-state index in [1.165, 1.54) is 0 Å². The predicted molar refractivity (Wildman–Crippen MR) is 68.1 cm³/mol. The van der Waals surface area contributed by atoms with Crippen LogP contribution in [0.2, 0.25) is 5.02 Å². The van der Waals surface area contributed by atoms with E-state index in [4.69, 9.17) is 11.6 Å². The second kappa shape index (κ2) is 5.02. The summed E-state index contributed by atoms with van der Waals surface area (Å²) in [4.78, 5) is 16.2. The third-order valence-corrected chi connectivity index (χ3v) is 3.49. The van der Waals surface area contributed by atoms with Gasteiger partial charge in [0.25, 0.3) is 0 Å². The maximum absolute atomic E-state index is 12.2. The fourth-order valence-electron chi connectivity index (χ4n) is 1.99. The van der Waals surface area contributed by atoms with Crippen molar-refractivity contribution < 1.29 is 4.79 Å². The van der Waals surface area contributed by atoms with Gasteiger partial charge in [-0.15, -0.1) is 0 Å². The molecule has 17 heavy (non-hydrogen) atoms. The summed E-state index contributed by atoms with van der Waals surface area (Å²) in [6, 6.07) is 1.67. The normalized spacial score (nSPS) is 24.4. The fourth-order valence-corrected chi connectivity index (χ4v) is 2.15. The molecule has 1 aliphatic rings. The van der Waals surface area contributed by atoms with Crippen LogP contribution < -0.4 is 10.6 Å². The zero-order valence-corrected chi connectivity index (χ0v) is 10.5. The fraction of sp³-hybridized carbons (Fsp3) is 0.500. The van der Waals surface area contributed by atoms with Crippen molar-refractivity contribution in [3.63, 3.8) is 0 Å². The van der Waals surface area contributed by atoms with E-state index in [1.54, 1.807) is 18.5 Å². The molecule has 0 bridgehead atoms. The standard InChI is InChI=1S/C12H16ClN3O/c1-12(4-2-5-15-8-12)11(17)16-10-7-14-6-3-9(10)13/h3,6-7,15H,2,4-5,8H2,1H3,(H,16,17). The zero-order valence-electron chi connectivity index (χ0n) is 9.79. The topological polar surface area (TPSA) is 54.0 Å². The van der Waals surface area contributed by atoms with Crippen LogP contribution in [-0.4, -0.2) is 24.0 Å². The van der Waals surface area contributed by atoms with Gasteiger partial charge in [0.1, 0.15) is 0 Å². The Hall–Kier alpha value is -1.13. The van der Waals surface area contributed by atoms with Crippen molar-refractivity contribution in [1.29, 1.82) is 0 Å². The monoisotopic (exact) mass is 253 g/mol. The van der Waals surface area contributed by atoms with E-state index >= 15 is 0 Å². The molecule has 1 saturated heterocycles. The summed E-state index contributed by atoms with van der Waals surface area (Å²) in [5.41, 5.74) is 0.211. The Balaban J connectivity index is 2.08. The highest BCUT2D eigenvalue weighted by Crippen LogP contribution is 2.28. The first kappa shape index (κ1) is 12.3. The third kappa shape index (κ3) is 2.76. The van der Waals surface area contributed by atoms with Crippen LogP contribution in [0.25, 0.3) is 0 Å². The van der Waals surface area contributed by atoms with Gasteiger partial charge in [-0.05, 0) is 32.4 Å². The molecule has 1 aromatic rings. The lowest BCUT2D eigenvalue weighted by molar-refractivity contribution is -0.125. The SMILES string of the molecule is CC1(C(=O)Nc2cnccc2Cl)CCCNC1. The number of anilines is 1. The van der Waals surface area contributed by atoms with Gasteiger partial charge in [0.2, 0.25) is 5.91 Å². The number of carbonyl (C=O) groups excluding carboxylic acids is 1. The number of amides is 1. The highest BCUT2D eigenvalue weighted by Gasteiger charge is 2.34. The Bertz CT molecular complexity index is 416. The summed E-state index contributed by atoms with van der Waals surface area (Å²) in [5.74, 6) is -0.000370. The zero-order chi connectivity index (χ0) is 12.3. The molecule has 0 spiro atoms. The molecule has 1 amide bonds. The largest absolute Gasteiger partial charge is 0.323 e. The number of nitrogens with one attached hydrogen (secondary N) is 2. The minimum absolute atomic E-state index is 0.000370. The van der Waals surface area contributed by atoms with Crippen LogP contribution in [0.15, 0.2) is 18.5 Å². The summed E-state index contributed by atoms with van der Waals surface area (Å²) < 4.78 is 0. The molecule has 0 aromatic carbocycles. The number of hydrogen-bond donors (Lipinski definition) is 2. The minimum Gasteiger partial charge on any atom is -0.323 e. The average Bonchev–Trinajstić information content (AvgIpc) is 2.33. The third-order valence-electron chi connectivity index (χ3n) is 3.16. The molecule has 4 nitrogen and oxygen atoms in total. The summed E-state index contributed by atoms with van der Waals surface area (Å²) >= 11 is 5.98. The van der Waals surface area contributed by atoms with Gasteiger partial charge >= 0.3 is 0 Å². The van der Waals surface area contributed by atoms with Crippen LogP contribution in [-0.2, 0) is 4.79 Å². The van der Waals surface area contributed by atoms with Crippen LogP contribution in [0.5, 0.6) is 0 Å². The van der Waals surface area contributed by atoms with E-state index in [-0.39, 0.29) is 11.3 Å². The molecule has 1 atom stereocenters. The van der Waals surface area contributed by atoms with Crippen molar-refractivity contribution in [1.82, 2.24) is 10.3 Å². The van der Waals surface area contributed by atoms with Crippen LogP contribution in [0.4, 0.5) is 5.69 Å². The molecule has 1 unspecified atom stereocenters. The molecule has 5 heteroatoms. The summed E-state index contributed by atoms with van der Waals surface area (Å²) in [6.45, 7) is 3.66. The number of pyridine rings is 1. The van der Waals surface area contributed by atoms with E-state index < -0.39 is 0 Å². The van der Waals surface area contributed by atoms with Crippen molar-refractivity contribution in [2.24, 2.45) is 5.41 Å². The molecule has 0 aliphatic carbocycles. The smallest absolute Gasteiger partial charge is 0.231 e. The Morgan fingerprint density at radius 2 is 2.47 bits per heavy atom. The number of halogens is 1. The molecule has 2 rings (SSSR count). The molecule has 0 saturated carbocycles. The van der Waals surface area contributed by atoms with Crippen molar-refractivity contribution in [2.45, 2.75) is 19.8 Å². The van der Waals surface area contributed by atoms with Crippen LogP contribution in [0.1, 0.15) is 19.8 Å². The maximum atomic E-state index is 12.2. The van der Waals surface area contributed by atoms with Crippen LogP contribution >= 0.6 is 11.6 Å². The van der Waals surface area contributed by atoms with E-state index in [0.717, 1.165) is 19.4 Å². The first-order valence-corrected chi connectivity index (χ1v) is 6.11. The van der Waals surface area contributed by atoms with Gasteiger partial charge in [0.05, 0.1) is 22.3 Å². The minimum atomic E-state index is -0.364. The van der Waals surface area contributed by atoms with Gasteiger partial charge in [-0.2, -0.15) is 0 Å². The van der Waals surface area contributed by atoms with Gasteiger partial charge in [-0.25, -0.2) is 0 Å². The van der Waals surface area contributed by atoms with Gasteiger partial charge in [-0.3, -0.25) is 9.78 Å². The number of carbonyl (C=O) groups is 1. The van der Waals surface area contributed by atoms with Crippen molar-refractivity contribution in [3.8, 4) is 0 Å². The molecule has 2 N–H and O–H groups in total. The van der Waals surface area contributed by atoms with Gasteiger partial charge in [0.15, 0.2) is 0 Å². The Morgan fingerprint density at radius 1 is 1.65 bits per heavy atom. The molecular weight excluding hydrogens is 238 g/mol. The molecule has 1 aromatic heterocycles. The van der Waals surface area contributed by atoms with Crippen molar-refractivity contribution >= 4 is 23.2 Å². The lowest BCUT2D eigenvalue weighted by atomic mass is 9.82. The predicted octanol–water partition coefficient (Wildman–Crippen LogP) is 2.06. The Kier molecular flexibility index (Phi) is 3.64. The van der Waals surface area contributed by atoms with Crippen molar-refractivity contribution in [2.75, 3.05) is 18.4 Å². The molecular formula is C12H16ClN3O. The summed E-state index contributed by atoms with van der Waals surface area (Å²) in [6.07, 6.45) is 5.08. The molecule has 92 valence electrons. The Morgan fingerprint density at radius 3 is 3.12 bits per heavy atom. The number of nitrogens with zero attached hydrogens (tertiary/aromatic N) is 1. The molecule has 1 fully saturated rings. The second-order valence-electron chi connectivity index (χ2n) is 4.65. The lowest BCUT2D eigenvalue weighted by Crippen LogP contribution is -2.46. The van der Waals surface area contributed by atoms with E-state index in [1.807, 2.05) is 6.92 Å². The maximum Gasteiger partial charge on any atom is 0.231 e. The van der Waals surface area contributed by atoms with Crippen LogP contribution in [0, 0.1) is 5.41 Å². The van der Waals surface area contributed by atoms with E-state index in [9.17, 15) is 4.79 Å². The Labute approximate surface area is 106 Å². The highest BCUT2D eigenvalue weighted by atomic mass is 35.5. The first-order valence-electron chi connectivity index (χ1n) is 5.73. The molecule has 2 heterocycles. The summed E-state index contributed by atoms with van der Waals surface area (Å²) in [7, 11) is 0. The number of aromatic nitrogens is 1. The number of piperidine rings is 1. The first-order chi connectivity index (χ1) is 8.12. The quantitative estimate of drug-likeness (QED) is 0.848. The van der Waals surface area contributed by atoms with Gasteiger partial charge in [-0.1, -0.05) is 11.6 Å². The summed E-state index contributed by atoms with van der Waals surface area (Å²) in [5, 5.41) is 6.61. The van der Waals surface area contributed by atoms with Crippen molar-refractivity contribution in [3.05, 3.63) is 23.5 Å². The number of hydrogen-bond acceptors (Lipinski definition) is 3. The highest BCUT2D eigenvalue weighted by molar-refractivity contribution is 6.33.